The molecule has 192 valence electrons. The lowest BCUT2D eigenvalue weighted by Gasteiger charge is -2.38. The number of carbonyl (C=O) groups excluding carboxylic acids is 1. The Morgan fingerprint density at radius 1 is 1.23 bits per heavy atom. The van der Waals surface area contributed by atoms with Gasteiger partial charge in [-0.05, 0) is 49.5 Å². The molecule has 0 aromatic heterocycles. The van der Waals surface area contributed by atoms with Crippen molar-refractivity contribution < 1.29 is 14.6 Å². The second-order valence-electron chi connectivity index (χ2n) is 9.81. The molecule has 1 aromatic carbocycles. The van der Waals surface area contributed by atoms with E-state index in [-0.39, 0.29) is 11.9 Å². The molecule has 3 aliphatic rings. The number of esters is 1. The normalized spacial score (nSPS) is 21.7. The minimum atomic E-state index is -0.472. The van der Waals surface area contributed by atoms with Gasteiger partial charge in [0.05, 0.1) is 5.56 Å². The number of hydrazine groups is 2. The highest BCUT2D eigenvalue weighted by Crippen LogP contribution is 2.26. The quantitative estimate of drug-likeness (QED) is 0.246. The van der Waals surface area contributed by atoms with Crippen LogP contribution in [0.15, 0.2) is 29.0 Å². The zero-order valence-corrected chi connectivity index (χ0v) is 20.9. The van der Waals surface area contributed by atoms with Gasteiger partial charge in [-0.2, -0.15) is 0 Å². The molecule has 5 N–H and O–H groups in total. The van der Waals surface area contributed by atoms with Crippen LogP contribution in [0.1, 0.15) is 39.9 Å². The summed E-state index contributed by atoms with van der Waals surface area (Å²) in [5.74, 6) is 12.4. The molecule has 1 fully saturated rings. The molecular weight excluding hydrogens is 446 g/mol. The highest BCUT2D eigenvalue weighted by atomic mass is 16.5. The van der Waals surface area contributed by atoms with Crippen molar-refractivity contribution in [1.82, 2.24) is 19.8 Å². The SMILES string of the molecule is Cc1c(CCN2CCN(C(O)CC3C=NC(N(N)CCN(C)N)=CC3)CC2)ccc2c1COC2=O. The van der Waals surface area contributed by atoms with E-state index in [1.165, 1.54) is 11.1 Å². The molecule has 10 heteroatoms. The van der Waals surface area contributed by atoms with Gasteiger partial charge in [-0.3, -0.25) is 15.8 Å². The van der Waals surface area contributed by atoms with Gasteiger partial charge in [-0.15, -0.1) is 0 Å². The molecule has 0 amide bonds. The number of fused-ring (bicyclic) bond motifs is 1. The maximum atomic E-state index is 11.8. The molecule has 35 heavy (non-hydrogen) atoms. The van der Waals surface area contributed by atoms with Gasteiger partial charge in [-0.25, -0.2) is 20.6 Å². The molecule has 2 atom stereocenters. The minimum absolute atomic E-state index is 0.205. The monoisotopic (exact) mass is 485 g/mol. The van der Waals surface area contributed by atoms with Crippen LogP contribution in [0.5, 0.6) is 0 Å². The number of likely N-dealkylation sites (N-methyl/N-ethyl adjacent to an activating group) is 1. The first kappa shape index (κ1) is 25.7. The Bertz CT molecular complexity index is 957. The maximum Gasteiger partial charge on any atom is 0.338 e. The Morgan fingerprint density at radius 2 is 2.00 bits per heavy atom. The third-order valence-corrected chi connectivity index (χ3v) is 7.33. The fraction of sp³-hybridized carbons (Fsp3) is 0.600. The number of ether oxygens (including phenoxy) is 1. The van der Waals surface area contributed by atoms with Crippen LogP contribution in [0.4, 0.5) is 0 Å². The van der Waals surface area contributed by atoms with Crippen molar-refractivity contribution in [2.75, 3.05) is 52.9 Å². The Kier molecular flexibility index (Phi) is 8.53. The van der Waals surface area contributed by atoms with E-state index in [4.69, 9.17) is 16.4 Å². The highest BCUT2D eigenvalue weighted by molar-refractivity contribution is 5.93. The Balaban J connectivity index is 1.18. The van der Waals surface area contributed by atoms with Gasteiger partial charge >= 0.3 is 5.97 Å². The third-order valence-electron chi connectivity index (χ3n) is 7.33. The van der Waals surface area contributed by atoms with Gasteiger partial charge in [0.25, 0.3) is 0 Å². The van der Waals surface area contributed by atoms with Crippen LogP contribution in [0.2, 0.25) is 0 Å². The maximum absolute atomic E-state index is 11.8. The lowest BCUT2D eigenvalue weighted by Crippen LogP contribution is -2.51. The molecule has 0 bridgehead atoms. The van der Waals surface area contributed by atoms with Crippen LogP contribution in [0, 0.1) is 12.8 Å². The Hall–Kier alpha value is -2.34. The summed E-state index contributed by atoms with van der Waals surface area (Å²) in [6.45, 7) is 8.27. The predicted molar refractivity (Wildman–Crippen MR) is 135 cm³/mol. The lowest BCUT2D eigenvalue weighted by atomic mass is 9.96. The van der Waals surface area contributed by atoms with E-state index in [1.807, 2.05) is 18.4 Å². The number of hydrogen-bond acceptors (Lipinski definition) is 10. The van der Waals surface area contributed by atoms with E-state index in [9.17, 15) is 9.90 Å². The van der Waals surface area contributed by atoms with Crippen molar-refractivity contribution in [2.24, 2.45) is 22.6 Å². The first-order chi connectivity index (χ1) is 16.8. The molecule has 0 radical (unpaired) electrons. The second kappa shape index (κ2) is 11.6. The number of benzene rings is 1. The van der Waals surface area contributed by atoms with Crippen LogP contribution in [-0.2, 0) is 17.8 Å². The Morgan fingerprint density at radius 3 is 2.69 bits per heavy atom. The number of rotatable bonds is 10. The van der Waals surface area contributed by atoms with Crippen molar-refractivity contribution in [3.8, 4) is 0 Å². The summed E-state index contributed by atoms with van der Waals surface area (Å²) in [7, 11) is 1.80. The van der Waals surface area contributed by atoms with Crippen LogP contribution in [0.3, 0.4) is 0 Å². The number of allylic oxidation sites excluding steroid dienone is 1. The number of hydrogen-bond donors (Lipinski definition) is 3. The van der Waals surface area contributed by atoms with E-state index >= 15 is 0 Å². The van der Waals surface area contributed by atoms with Gasteiger partial charge in [0.2, 0.25) is 0 Å². The van der Waals surface area contributed by atoms with Crippen molar-refractivity contribution in [1.29, 1.82) is 0 Å². The minimum Gasteiger partial charge on any atom is -0.457 e. The fourth-order valence-electron chi connectivity index (χ4n) is 4.93. The number of nitrogens with zero attached hydrogens (tertiary/aromatic N) is 5. The molecule has 1 aromatic rings. The zero-order chi connectivity index (χ0) is 24.9. The number of nitrogens with two attached hydrogens (primary N) is 2. The fourth-order valence-corrected chi connectivity index (χ4v) is 4.93. The summed E-state index contributed by atoms with van der Waals surface area (Å²) in [4.78, 5) is 20.9. The predicted octanol–water partition coefficient (Wildman–Crippen LogP) is 0.447. The number of aliphatic hydroxyl groups is 1. The van der Waals surface area contributed by atoms with E-state index in [2.05, 4.69) is 27.8 Å². The largest absolute Gasteiger partial charge is 0.457 e. The molecule has 3 aliphatic heterocycles. The van der Waals surface area contributed by atoms with Crippen LogP contribution < -0.4 is 11.7 Å². The zero-order valence-electron chi connectivity index (χ0n) is 20.9. The molecule has 0 saturated carbocycles. The van der Waals surface area contributed by atoms with Crippen LogP contribution in [-0.4, -0.2) is 96.2 Å². The molecule has 4 rings (SSSR count). The first-order valence-corrected chi connectivity index (χ1v) is 12.5. The van der Waals surface area contributed by atoms with Gasteiger partial charge in [0.15, 0.2) is 0 Å². The average Bonchev–Trinajstić information content (AvgIpc) is 3.24. The lowest BCUT2D eigenvalue weighted by molar-refractivity contribution is -0.0339. The van der Waals surface area contributed by atoms with Gasteiger partial charge in [-0.1, -0.05) is 6.07 Å². The molecule has 0 spiro atoms. The summed E-state index contributed by atoms with van der Waals surface area (Å²) in [6.07, 6.45) is 5.91. The summed E-state index contributed by atoms with van der Waals surface area (Å²) in [6, 6.07) is 3.96. The molecule has 0 aliphatic carbocycles. The van der Waals surface area contributed by atoms with Crippen molar-refractivity contribution in [2.45, 2.75) is 39.0 Å². The number of cyclic esters (lactones) is 1. The highest BCUT2D eigenvalue weighted by Gasteiger charge is 2.26. The van der Waals surface area contributed by atoms with Crippen LogP contribution in [0.25, 0.3) is 0 Å². The second-order valence-corrected chi connectivity index (χ2v) is 9.81. The number of carbonyl (C=O) groups is 1. The first-order valence-electron chi connectivity index (χ1n) is 12.5. The summed E-state index contributed by atoms with van der Waals surface area (Å²) in [5.41, 5.74) is 4.21. The smallest absolute Gasteiger partial charge is 0.338 e. The molecule has 1 saturated heterocycles. The van der Waals surface area contributed by atoms with Gasteiger partial charge in [0, 0.05) is 70.6 Å². The van der Waals surface area contributed by atoms with E-state index in [0.717, 1.165) is 56.9 Å². The number of piperazine rings is 1. The standard InChI is InChI=1S/C25H39N7O3/c1-18-20(4-5-21-22(18)17-35-25(21)34)7-8-30-10-12-31(13-11-30)24(33)15-19-3-6-23(28-16-19)32(27)14-9-29(2)26/h4-6,16,19,24,33H,3,7-15,17,26-27H2,1-2H3. The van der Waals surface area contributed by atoms with Crippen LogP contribution >= 0.6 is 0 Å². The third kappa shape index (κ3) is 6.46. The van der Waals surface area contributed by atoms with Crippen molar-refractivity contribution in [3.63, 3.8) is 0 Å². The van der Waals surface area contributed by atoms with E-state index < -0.39 is 6.23 Å². The molecular formula is C25H39N7O3. The average molecular weight is 486 g/mol. The van der Waals surface area contributed by atoms with E-state index in [0.29, 0.717) is 31.7 Å². The number of aliphatic hydroxyl groups excluding tert-OH is 1. The summed E-state index contributed by atoms with van der Waals surface area (Å²) >= 11 is 0. The molecule has 3 heterocycles. The van der Waals surface area contributed by atoms with Gasteiger partial charge in [0.1, 0.15) is 18.7 Å². The van der Waals surface area contributed by atoms with Crippen molar-refractivity contribution in [3.05, 3.63) is 46.3 Å². The summed E-state index contributed by atoms with van der Waals surface area (Å²) < 4.78 is 5.17. The van der Waals surface area contributed by atoms with Crippen molar-refractivity contribution >= 4 is 12.2 Å². The molecule has 2 unspecified atom stereocenters. The van der Waals surface area contributed by atoms with Gasteiger partial charge < -0.3 is 14.7 Å². The van der Waals surface area contributed by atoms with E-state index in [1.54, 1.807) is 17.1 Å². The number of aliphatic imine (C=N–C) groups is 1. The molecule has 10 nitrogen and oxygen atoms in total. The topological polar surface area (TPSA) is 124 Å². The Labute approximate surface area is 207 Å². The summed E-state index contributed by atoms with van der Waals surface area (Å²) in [5, 5.41) is 14.0.